The molecule has 10 N–H and O–H groups in total. The second-order valence-corrected chi connectivity index (χ2v) is 15.5. The van der Waals surface area contributed by atoms with Gasteiger partial charge in [0.15, 0.2) is 0 Å². The van der Waals surface area contributed by atoms with E-state index in [1.54, 1.807) is 43.3 Å². The Balaban J connectivity index is 1.55. The molecule has 4 bridgehead atoms. The summed E-state index contributed by atoms with van der Waals surface area (Å²) in [4.78, 5) is 79.8. The van der Waals surface area contributed by atoms with Crippen molar-refractivity contribution in [1.82, 2.24) is 36.1 Å². The fourth-order valence-electron chi connectivity index (χ4n) is 7.53. The van der Waals surface area contributed by atoms with Gasteiger partial charge in [0.2, 0.25) is 29.5 Å². The van der Waals surface area contributed by atoms with Gasteiger partial charge in [0.25, 0.3) is 5.91 Å². The second kappa shape index (κ2) is 23.0. The van der Waals surface area contributed by atoms with Crippen molar-refractivity contribution in [2.75, 3.05) is 46.4 Å². The van der Waals surface area contributed by atoms with Crippen LogP contribution in [-0.4, -0.2) is 109 Å². The van der Waals surface area contributed by atoms with Crippen molar-refractivity contribution in [2.24, 2.45) is 23.1 Å². The summed E-state index contributed by atoms with van der Waals surface area (Å²) in [6.07, 6.45) is 6.96. The van der Waals surface area contributed by atoms with Gasteiger partial charge in [0.1, 0.15) is 55.4 Å². The first kappa shape index (κ1) is 47.4. The molecule has 18 nitrogen and oxygen atoms in total. The molecule has 18 heteroatoms. The SMILES string of the molecule is Cc1nc(C#CC2CCCCC2)ncc1C(=O)N[C@@H](CCN)C(=O)N(C)[C@@H]1C(=O)N[C@@H](C)C(=O)N[C@H](C(=O)NCC#N)Cc2ccc(OCCN)c(c2)-c2cc1ccc2OCCN. The van der Waals surface area contributed by atoms with Crippen LogP contribution in [0.5, 0.6) is 11.5 Å². The van der Waals surface area contributed by atoms with Crippen molar-refractivity contribution in [3.05, 3.63) is 70.8 Å². The third kappa shape index (κ3) is 12.5. The summed E-state index contributed by atoms with van der Waals surface area (Å²) < 4.78 is 12.2. The molecule has 63 heavy (non-hydrogen) atoms. The van der Waals surface area contributed by atoms with E-state index in [2.05, 4.69) is 43.1 Å². The third-order valence-electron chi connectivity index (χ3n) is 10.8. The summed E-state index contributed by atoms with van der Waals surface area (Å²) in [6.45, 7) is 3.48. The number of nitrogens with two attached hydrogens (primary N) is 3. The fraction of sp³-hybridized carbons (Fsp3) is 0.467. The summed E-state index contributed by atoms with van der Waals surface area (Å²) in [7, 11) is 1.41. The number of benzene rings is 2. The molecular weight excluding hydrogens is 807 g/mol. The van der Waals surface area contributed by atoms with E-state index in [0.717, 1.165) is 25.7 Å². The maximum atomic E-state index is 14.6. The van der Waals surface area contributed by atoms with E-state index in [1.807, 2.05) is 6.07 Å². The molecule has 0 radical (unpaired) electrons. The van der Waals surface area contributed by atoms with Gasteiger partial charge < -0.3 is 52.8 Å². The van der Waals surface area contributed by atoms with Gasteiger partial charge >= 0.3 is 0 Å². The van der Waals surface area contributed by atoms with E-state index in [-0.39, 0.29) is 63.7 Å². The van der Waals surface area contributed by atoms with Gasteiger partial charge in [0.05, 0.1) is 17.3 Å². The molecule has 0 saturated heterocycles. The smallest absolute Gasteiger partial charge is 0.255 e. The van der Waals surface area contributed by atoms with Gasteiger partial charge in [-0.2, -0.15) is 5.26 Å². The number of nitrogens with one attached hydrogen (secondary N) is 4. The highest BCUT2D eigenvalue weighted by molar-refractivity contribution is 5.99. The molecule has 334 valence electrons. The molecule has 2 heterocycles. The summed E-state index contributed by atoms with van der Waals surface area (Å²) in [5, 5.41) is 19.8. The van der Waals surface area contributed by atoms with Gasteiger partial charge in [-0.1, -0.05) is 37.3 Å². The van der Waals surface area contributed by atoms with Crippen LogP contribution in [0.25, 0.3) is 11.1 Å². The topological polar surface area (TPSA) is 283 Å². The van der Waals surface area contributed by atoms with E-state index in [4.69, 9.17) is 31.9 Å². The van der Waals surface area contributed by atoms with E-state index < -0.39 is 53.7 Å². The summed E-state index contributed by atoms with van der Waals surface area (Å²) in [5.41, 5.74) is 20.0. The number of carbonyl (C=O) groups is 5. The zero-order chi connectivity index (χ0) is 45.5. The maximum absolute atomic E-state index is 14.6. The summed E-state index contributed by atoms with van der Waals surface area (Å²) in [6, 6.07) is 7.05. The minimum Gasteiger partial charge on any atom is -0.492 e. The van der Waals surface area contributed by atoms with Gasteiger partial charge in [-0.15, -0.1) is 0 Å². The quantitative estimate of drug-likeness (QED) is 0.0877. The average molecular weight is 864 g/mol. The van der Waals surface area contributed by atoms with Crippen molar-refractivity contribution in [3.63, 3.8) is 0 Å². The molecule has 1 aliphatic carbocycles. The Morgan fingerprint density at radius 2 is 1.63 bits per heavy atom. The molecule has 2 aliphatic rings. The number of ether oxygens (including phenoxy) is 2. The molecule has 1 fully saturated rings. The highest BCUT2D eigenvalue weighted by atomic mass is 16.5. The maximum Gasteiger partial charge on any atom is 0.255 e. The van der Waals surface area contributed by atoms with Crippen LogP contribution in [0.1, 0.15) is 84.5 Å². The molecule has 2 aromatic carbocycles. The Morgan fingerprint density at radius 3 is 2.29 bits per heavy atom. The number of hydrogen-bond acceptors (Lipinski definition) is 13. The molecule has 0 spiro atoms. The van der Waals surface area contributed by atoms with Crippen molar-refractivity contribution < 1.29 is 33.4 Å². The van der Waals surface area contributed by atoms with Crippen molar-refractivity contribution in [3.8, 4) is 40.5 Å². The fourth-order valence-corrected chi connectivity index (χ4v) is 7.53. The second-order valence-electron chi connectivity index (χ2n) is 15.5. The van der Waals surface area contributed by atoms with Crippen molar-refractivity contribution in [2.45, 2.75) is 83.0 Å². The lowest BCUT2D eigenvalue weighted by molar-refractivity contribution is -0.141. The number of hydrogen-bond donors (Lipinski definition) is 7. The third-order valence-corrected chi connectivity index (χ3v) is 10.8. The number of rotatable bonds is 14. The predicted molar refractivity (Wildman–Crippen MR) is 233 cm³/mol. The number of likely N-dealkylation sites (N-methyl/N-ethyl adjacent to an activating group) is 1. The first-order chi connectivity index (χ1) is 30.4. The van der Waals surface area contributed by atoms with Gasteiger partial charge in [-0.3, -0.25) is 24.0 Å². The lowest BCUT2D eigenvalue weighted by atomic mass is 9.90. The molecule has 0 unspecified atom stereocenters. The van der Waals surface area contributed by atoms with Crippen LogP contribution >= 0.6 is 0 Å². The average Bonchev–Trinajstić information content (AvgIpc) is 3.28. The molecule has 4 atom stereocenters. The van der Waals surface area contributed by atoms with Crippen LogP contribution in [0.4, 0.5) is 0 Å². The minimum absolute atomic E-state index is 0.00491. The number of amides is 5. The molecular formula is C45H57N11O7. The van der Waals surface area contributed by atoms with Crippen LogP contribution in [-0.2, 0) is 25.6 Å². The van der Waals surface area contributed by atoms with Gasteiger partial charge in [-0.05, 0) is 81.0 Å². The largest absolute Gasteiger partial charge is 0.492 e. The number of fused-ring (bicyclic) bond motifs is 5. The van der Waals surface area contributed by atoms with Crippen LogP contribution in [0.15, 0.2) is 42.6 Å². The van der Waals surface area contributed by atoms with Gasteiger partial charge in [0, 0.05) is 49.8 Å². The monoisotopic (exact) mass is 863 g/mol. The number of carbonyl (C=O) groups excluding carboxylic acids is 5. The molecule has 1 aromatic heterocycles. The van der Waals surface area contributed by atoms with E-state index in [0.29, 0.717) is 45.3 Å². The zero-order valence-corrected chi connectivity index (χ0v) is 36.0. The van der Waals surface area contributed by atoms with Crippen LogP contribution in [0.2, 0.25) is 0 Å². The molecule has 5 rings (SSSR count). The predicted octanol–water partition coefficient (Wildman–Crippen LogP) is 0.891. The number of aryl methyl sites for hydroxylation is 1. The van der Waals surface area contributed by atoms with Crippen LogP contribution < -0.4 is 47.9 Å². The van der Waals surface area contributed by atoms with Crippen molar-refractivity contribution in [1.29, 1.82) is 5.26 Å². The Morgan fingerprint density at radius 1 is 0.952 bits per heavy atom. The van der Waals surface area contributed by atoms with Crippen LogP contribution in [0, 0.1) is 36.0 Å². The molecule has 3 aromatic rings. The first-order valence-electron chi connectivity index (χ1n) is 21.2. The number of nitrogens with zero attached hydrogens (tertiary/aromatic N) is 4. The molecule has 1 aliphatic heterocycles. The summed E-state index contributed by atoms with van der Waals surface area (Å²) >= 11 is 0. The van der Waals surface area contributed by atoms with E-state index >= 15 is 0 Å². The Kier molecular flexibility index (Phi) is 17.3. The lowest BCUT2D eigenvalue weighted by Gasteiger charge is -2.32. The standard InChI is InChI=1S/C45H57N11O7/c1-27-34(26-51-39(52-27)14-10-29-7-5-4-6-8-29)42(58)54-35(15-16-46)45(61)56(3)40-31-11-13-38(63-22-19-49)33(25-31)32-23-30(9-12-37(32)62-21-18-48)24-36(43(59)50-20-17-47)55-41(57)28(2)53-44(40)60/h9,11-13,23,25-26,28-29,35-36,40H,4-8,15-16,18-22,24,46,48-49H2,1-3H3,(H,50,59)(H,53,60)(H,54,58)(H,55,57)/t28-,35-,36-,40-/m0/s1. The molecule has 1 saturated carbocycles. The Hall–Kier alpha value is -6.60. The Bertz CT molecular complexity index is 2250. The van der Waals surface area contributed by atoms with Crippen LogP contribution in [0.3, 0.4) is 0 Å². The van der Waals surface area contributed by atoms with E-state index in [9.17, 15) is 24.0 Å². The highest BCUT2D eigenvalue weighted by Crippen LogP contribution is 2.40. The van der Waals surface area contributed by atoms with Gasteiger partial charge in [-0.25, -0.2) is 9.97 Å². The first-order valence-corrected chi connectivity index (χ1v) is 21.2. The summed E-state index contributed by atoms with van der Waals surface area (Å²) in [5.74, 6) is 4.31. The lowest BCUT2D eigenvalue weighted by Crippen LogP contribution is -2.56. The Labute approximate surface area is 367 Å². The molecule has 5 amide bonds. The normalized spacial score (nSPS) is 18.1. The number of nitriles is 1. The number of aromatic nitrogens is 2. The minimum atomic E-state index is -1.39. The highest BCUT2D eigenvalue weighted by Gasteiger charge is 2.36. The van der Waals surface area contributed by atoms with Crippen molar-refractivity contribution >= 4 is 29.5 Å². The zero-order valence-electron chi connectivity index (χ0n) is 36.0. The van der Waals surface area contributed by atoms with E-state index in [1.165, 1.54) is 31.5 Å².